The van der Waals surface area contributed by atoms with E-state index in [0.29, 0.717) is 0 Å². The van der Waals surface area contributed by atoms with Gasteiger partial charge in [0.05, 0.1) is 0 Å². The maximum Gasteiger partial charge on any atom is 0.282 e. The third-order valence-electron chi connectivity index (χ3n) is 3.97. The number of carbonyl (C=O) groups excluding carboxylic acids is 1. The molecule has 0 spiro atoms. The molecule has 0 aromatic heterocycles. The first-order chi connectivity index (χ1) is 10.5. The summed E-state index contributed by atoms with van der Waals surface area (Å²) in [5.74, 6) is 0.0384. The molecular formula is C19H25N2O+. The van der Waals surface area contributed by atoms with E-state index >= 15 is 0 Å². The van der Waals surface area contributed by atoms with Crippen molar-refractivity contribution in [1.29, 1.82) is 0 Å². The molecule has 3 heteroatoms. The normalized spacial score (nSPS) is 13.5. The van der Waals surface area contributed by atoms with Crippen molar-refractivity contribution in [3.63, 3.8) is 0 Å². The Balaban J connectivity index is 1.99. The average Bonchev–Trinajstić information content (AvgIpc) is 2.51. The first-order valence-electron chi connectivity index (χ1n) is 7.75. The third kappa shape index (κ3) is 4.18. The summed E-state index contributed by atoms with van der Waals surface area (Å²) in [5, 5.41) is 5.13. The van der Waals surface area contributed by atoms with Gasteiger partial charge in [0.1, 0.15) is 6.04 Å². The highest BCUT2D eigenvalue weighted by Crippen LogP contribution is 2.16. The number of quaternary nitrogens is 1. The molecule has 22 heavy (non-hydrogen) atoms. The molecule has 0 aliphatic rings. The van der Waals surface area contributed by atoms with Crippen LogP contribution in [0.2, 0.25) is 0 Å². The molecule has 0 unspecified atom stereocenters. The molecule has 0 saturated carbocycles. The second kappa shape index (κ2) is 7.23. The van der Waals surface area contributed by atoms with Gasteiger partial charge in [-0.25, -0.2) is 0 Å². The molecule has 0 heterocycles. The van der Waals surface area contributed by atoms with Gasteiger partial charge in [-0.2, -0.15) is 0 Å². The molecule has 2 aromatic rings. The Morgan fingerprint density at radius 1 is 1.05 bits per heavy atom. The number of rotatable bonds is 5. The lowest BCUT2D eigenvalue weighted by atomic mass is 10.1. The Morgan fingerprint density at radius 2 is 1.73 bits per heavy atom. The SMILES string of the molecule is Cc1ccc(C)c(NC(=O)[C@H](C)[NH2+][C@@H](C)c2ccccc2)c1. The fourth-order valence-electron chi connectivity index (χ4n) is 2.51. The summed E-state index contributed by atoms with van der Waals surface area (Å²) < 4.78 is 0. The summed E-state index contributed by atoms with van der Waals surface area (Å²) in [6.45, 7) is 8.11. The molecule has 0 aliphatic carbocycles. The van der Waals surface area contributed by atoms with E-state index < -0.39 is 0 Å². The predicted molar refractivity (Wildman–Crippen MR) is 90.8 cm³/mol. The number of anilines is 1. The first kappa shape index (κ1) is 16.2. The largest absolute Gasteiger partial charge is 0.330 e. The molecular weight excluding hydrogens is 272 g/mol. The Hall–Kier alpha value is -2.13. The number of aryl methyl sites for hydroxylation is 2. The summed E-state index contributed by atoms with van der Waals surface area (Å²) in [4.78, 5) is 12.4. The molecule has 0 fully saturated rings. The lowest BCUT2D eigenvalue weighted by molar-refractivity contribution is -0.709. The van der Waals surface area contributed by atoms with Crippen molar-refractivity contribution in [2.24, 2.45) is 0 Å². The van der Waals surface area contributed by atoms with Gasteiger partial charge in [0.2, 0.25) is 0 Å². The van der Waals surface area contributed by atoms with Crippen LogP contribution in [0.25, 0.3) is 0 Å². The summed E-state index contributed by atoms with van der Waals surface area (Å²) in [7, 11) is 0. The number of nitrogens with one attached hydrogen (secondary N) is 1. The van der Waals surface area contributed by atoms with Gasteiger partial charge in [0, 0.05) is 11.3 Å². The molecule has 116 valence electrons. The molecule has 2 atom stereocenters. The third-order valence-corrected chi connectivity index (χ3v) is 3.97. The van der Waals surface area contributed by atoms with Crippen molar-refractivity contribution >= 4 is 11.6 Å². The van der Waals surface area contributed by atoms with Crippen LogP contribution in [-0.4, -0.2) is 11.9 Å². The van der Waals surface area contributed by atoms with E-state index in [-0.39, 0.29) is 18.0 Å². The zero-order chi connectivity index (χ0) is 16.1. The van der Waals surface area contributed by atoms with E-state index in [0.717, 1.165) is 16.8 Å². The number of hydrogen-bond acceptors (Lipinski definition) is 1. The van der Waals surface area contributed by atoms with Gasteiger partial charge >= 0.3 is 0 Å². The van der Waals surface area contributed by atoms with Gasteiger partial charge in [0.25, 0.3) is 5.91 Å². The van der Waals surface area contributed by atoms with Gasteiger partial charge in [-0.05, 0) is 44.9 Å². The topological polar surface area (TPSA) is 45.7 Å². The second-order valence-corrected chi connectivity index (χ2v) is 5.99. The minimum Gasteiger partial charge on any atom is -0.330 e. The van der Waals surface area contributed by atoms with Crippen LogP contribution in [0.4, 0.5) is 5.69 Å². The Morgan fingerprint density at radius 3 is 2.41 bits per heavy atom. The van der Waals surface area contributed by atoms with Crippen molar-refractivity contribution in [3.05, 3.63) is 65.2 Å². The minimum absolute atomic E-state index is 0.0384. The van der Waals surface area contributed by atoms with Crippen LogP contribution in [0.3, 0.4) is 0 Å². The van der Waals surface area contributed by atoms with Gasteiger partial charge in [0.15, 0.2) is 6.04 Å². The lowest BCUT2D eigenvalue weighted by Gasteiger charge is -2.17. The van der Waals surface area contributed by atoms with Crippen LogP contribution in [0, 0.1) is 13.8 Å². The summed E-state index contributed by atoms with van der Waals surface area (Å²) >= 11 is 0. The van der Waals surface area contributed by atoms with Crippen LogP contribution < -0.4 is 10.6 Å². The molecule has 0 saturated heterocycles. The van der Waals surface area contributed by atoms with E-state index in [9.17, 15) is 4.79 Å². The molecule has 0 radical (unpaired) electrons. The highest BCUT2D eigenvalue weighted by atomic mass is 16.2. The zero-order valence-corrected chi connectivity index (χ0v) is 13.8. The van der Waals surface area contributed by atoms with Crippen molar-refractivity contribution in [1.82, 2.24) is 0 Å². The first-order valence-corrected chi connectivity index (χ1v) is 7.75. The van der Waals surface area contributed by atoms with Crippen molar-refractivity contribution in [3.8, 4) is 0 Å². The van der Waals surface area contributed by atoms with Crippen LogP contribution in [-0.2, 0) is 4.79 Å². The van der Waals surface area contributed by atoms with E-state index in [4.69, 9.17) is 0 Å². The highest BCUT2D eigenvalue weighted by Gasteiger charge is 2.20. The summed E-state index contributed by atoms with van der Waals surface area (Å²) in [6, 6.07) is 16.5. The van der Waals surface area contributed by atoms with Crippen LogP contribution in [0.5, 0.6) is 0 Å². The van der Waals surface area contributed by atoms with Crippen LogP contribution >= 0.6 is 0 Å². The summed E-state index contributed by atoms with van der Waals surface area (Å²) in [5.41, 5.74) is 4.36. The molecule has 3 nitrogen and oxygen atoms in total. The minimum atomic E-state index is -0.143. The standard InChI is InChI=1S/C19H24N2O/c1-13-10-11-14(2)18(12-13)21-19(22)16(4)20-15(3)17-8-6-5-7-9-17/h5-12,15-16,20H,1-4H3,(H,21,22)/p+1/t15-,16-/m0/s1. The van der Waals surface area contributed by atoms with Gasteiger partial charge in [-0.3, -0.25) is 4.79 Å². The van der Waals surface area contributed by atoms with Crippen LogP contribution in [0.1, 0.15) is 36.6 Å². The van der Waals surface area contributed by atoms with E-state index in [1.807, 2.05) is 51.1 Å². The average molecular weight is 297 g/mol. The summed E-state index contributed by atoms with van der Waals surface area (Å²) in [6.07, 6.45) is 0. The molecule has 3 N–H and O–H groups in total. The lowest BCUT2D eigenvalue weighted by Crippen LogP contribution is -2.91. The van der Waals surface area contributed by atoms with Gasteiger partial charge in [-0.15, -0.1) is 0 Å². The molecule has 2 aromatic carbocycles. The van der Waals surface area contributed by atoms with E-state index in [1.54, 1.807) is 0 Å². The Bertz CT molecular complexity index is 637. The van der Waals surface area contributed by atoms with Crippen molar-refractivity contribution < 1.29 is 10.1 Å². The molecule has 0 aliphatic heterocycles. The Labute approximate surface area is 132 Å². The number of nitrogens with two attached hydrogens (primary N) is 1. The Kier molecular flexibility index (Phi) is 5.34. The quantitative estimate of drug-likeness (QED) is 0.875. The molecule has 1 amide bonds. The molecule has 2 rings (SSSR count). The fraction of sp³-hybridized carbons (Fsp3) is 0.316. The maximum atomic E-state index is 12.4. The zero-order valence-electron chi connectivity index (χ0n) is 13.8. The van der Waals surface area contributed by atoms with Crippen molar-refractivity contribution in [2.75, 3.05) is 5.32 Å². The van der Waals surface area contributed by atoms with Gasteiger partial charge in [-0.1, -0.05) is 42.5 Å². The maximum absolute atomic E-state index is 12.4. The van der Waals surface area contributed by atoms with Crippen LogP contribution in [0.15, 0.2) is 48.5 Å². The monoisotopic (exact) mass is 297 g/mol. The number of carbonyl (C=O) groups is 1. The predicted octanol–water partition coefficient (Wildman–Crippen LogP) is 2.96. The number of amides is 1. The van der Waals surface area contributed by atoms with E-state index in [1.165, 1.54) is 5.56 Å². The number of benzene rings is 2. The van der Waals surface area contributed by atoms with Crippen molar-refractivity contribution in [2.45, 2.75) is 39.8 Å². The fourth-order valence-corrected chi connectivity index (χ4v) is 2.51. The number of hydrogen-bond donors (Lipinski definition) is 2. The molecule has 0 bridgehead atoms. The highest BCUT2D eigenvalue weighted by molar-refractivity contribution is 5.94. The second-order valence-electron chi connectivity index (χ2n) is 5.99. The van der Waals surface area contributed by atoms with E-state index in [2.05, 4.69) is 35.8 Å². The smallest absolute Gasteiger partial charge is 0.282 e. The van der Waals surface area contributed by atoms with Gasteiger partial charge < -0.3 is 10.6 Å².